The quantitative estimate of drug-likeness (QED) is 0.778. The molecule has 4 heteroatoms. The van der Waals surface area contributed by atoms with Crippen LogP contribution in [0.1, 0.15) is 25.5 Å². The lowest BCUT2D eigenvalue weighted by Gasteiger charge is -2.17. The third-order valence-electron chi connectivity index (χ3n) is 2.15. The van der Waals surface area contributed by atoms with E-state index in [1.165, 1.54) is 0 Å². The van der Waals surface area contributed by atoms with E-state index < -0.39 is 0 Å². The van der Waals surface area contributed by atoms with Gasteiger partial charge in [-0.15, -0.1) is 5.10 Å². The first-order valence-electron chi connectivity index (χ1n) is 5.32. The van der Waals surface area contributed by atoms with Crippen LogP contribution in [0.2, 0.25) is 0 Å². The van der Waals surface area contributed by atoms with Crippen molar-refractivity contribution in [3.63, 3.8) is 0 Å². The number of nitrogens with one attached hydrogen (secondary N) is 1. The second kappa shape index (κ2) is 6.35. The van der Waals surface area contributed by atoms with Crippen LogP contribution in [-0.4, -0.2) is 30.0 Å². The minimum Gasteiger partial charge on any atom is -0.383 e. The van der Waals surface area contributed by atoms with Gasteiger partial charge in [0, 0.05) is 7.11 Å². The van der Waals surface area contributed by atoms with Crippen molar-refractivity contribution in [2.45, 2.75) is 32.7 Å². The lowest BCUT2D eigenvalue weighted by molar-refractivity contribution is 0.182. The summed E-state index contributed by atoms with van der Waals surface area (Å²) in [7, 11) is 1.71. The van der Waals surface area contributed by atoms with E-state index in [0.717, 1.165) is 24.4 Å². The van der Waals surface area contributed by atoms with Crippen molar-refractivity contribution in [3.8, 4) is 0 Å². The van der Waals surface area contributed by atoms with Gasteiger partial charge in [0.25, 0.3) is 0 Å². The molecule has 1 heterocycles. The Bertz CT molecular complexity index is 268. The first kappa shape index (κ1) is 11.9. The van der Waals surface area contributed by atoms with E-state index in [1.54, 1.807) is 7.11 Å². The molecule has 1 atom stereocenters. The van der Waals surface area contributed by atoms with Crippen molar-refractivity contribution >= 4 is 5.82 Å². The van der Waals surface area contributed by atoms with E-state index in [4.69, 9.17) is 4.74 Å². The predicted octanol–water partition coefficient (Wildman–Crippen LogP) is 2.01. The number of methoxy groups -OCH3 is 1. The van der Waals surface area contributed by atoms with Gasteiger partial charge in [-0.3, -0.25) is 0 Å². The van der Waals surface area contributed by atoms with Crippen LogP contribution in [0, 0.1) is 6.92 Å². The van der Waals surface area contributed by atoms with Gasteiger partial charge in [-0.05, 0) is 25.5 Å². The van der Waals surface area contributed by atoms with Crippen molar-refractivity contribution in [3.05, 3.63) is 17.8 Å². The zero-order valence-corrected chi connectivity index (χ0v) is 9.66. The van der Waals surface area contributed by atoms with Crippen LogP contribution in [0.4, 0.5) is 5.82 Å². The number of hydrogen-bond acceptors (Lipinski definition) is 4. The zero-order valence-electron chi connectivity index (χ0n) is 9.66. The Morgan fingerprint density at radius 3 is 2.73 bits per heavy atom. The van der Waals surface area contributed by atoms with Crippen LogP contribution in [0.3, 0.4) is 0 Å². The summed E-state index contributed by atoms with van der Waals surface area (Å²) in [5.41, 5.74) is 0.930. The second-order valence-corrected chi connectivity index (χ2v) is 3.65. The largest absolute Gasteiger partial charge is 0.383 e. The second-order valence-electron chi connectivity index (χ2n) is 3.65. The summed E-state index contributed by atoms with van der Waals surface area (Å²) in [4.78, 5) is 0. The van der Waals surface area contributed by atoms with Gasteiger partial charge in [-0.2, -0.15) is 5.10 Å². The molecule has 0 saturated heterocycles. The molecule has 0 aliphatic rings. The number of rotatable bonds is 6. The molecule has 15 heavy (non-hydrogen) atoms. The minimum atomic E-state index is 0.317. The smallest absolute Gasteiger partial charge is 0.148 e. The molecule has 0 spiro atoms. The third-order valence-corrected chi connectivity index (χ3v) is 2.15. The molecule has 0 bridgehead atoms. The highest BCUT2D eigenvalue weighted by molar-refractivity contribution is 5.34. The summed E-state index contributed by atoms with van der Waals surface area (Å²) >= 11 is 0. The Morgan fingerprint density at radius 2 is 2.20 bits per heavy atom. The first-order chi connectivity index (χ1) is 7.26. The molecule has 1 unspecified atom stereocenters. The first-order valence-corrected chi connectivity index (χ1v) is 5.32. The topological polar surface area (TPSA) is 47.0 Å². The number of aromatic nitrogens is 2. The Kier molecular flexibility index (Phi) is 5.04. The highest BCUT2D eigenvalue weighted by Gasteiger charge is 2.07. The van der Waals surface area contributed by atoms with E-state index in [-0.39, 0.29) is 0 Å². The molecule has 1 rings (SSSR count). The maximum Gasteiger partial charge on any atom is 0.148 e. The fourth-order valence-corrected chi connectivity index (χ4v) is 1.43. The maximum absolute atomic E-state index is 5.14. The van der Waals surface area contributed by atoms with E-state index >= 15 is 0 Å². The Balaban J connectivity index is 2.53. The van der Waals surface area contributed by atoms with Crippen molar-refractivity contribution < 1.29 is 4.74 Å². The van der Waals surface area contributed by atoms with E-state index in [0.29, 0.717) is 12.6 Å². The summed E-state index contributed by atoms with van der Waals surface area (Å²) in [5, 5.41) is 11.4. The van der Waals surface area contributed by atoms with Crippen LogP contribution < -0.4 is 5.32 Å². The zero-order chi connectivity index (χ0) is 11.1. The molecule has 0 radical (unpaired) electrons. The molecule has 0 aliphatic heterocycles. The lowest BCUT2D eigenvalue weighted by Crippen LogP contribution is -2.25. The van der Waals surface area contributed by atoms with Gasteiger partial charge >= 0.3 is 0 Å². The predicted molar refractivity (Wildman–Crippen MR) is 61.0 cm³/mol. The van der Waals surface area contributed by atoms with E-state index in [2.05, 4.69) is 22.4 Å². The van der Waals surface area contributed by atoms with Crippen LogP contribution >= 0.6 is 0 Å². The normalized spacial score (nSPS) is 12.5. The molecular weight excluding hydrogens is 190 g/mol. The van der Waals surface area contributed by atoms with Crippen LogP contribution in [-0.2, 0) is 4.74 Å². The van der Waals surface area contributed by atoms with Gasteiger partial charge in [0.15, 0.2) is 0 Å². The van der Waals surface area contributed by atoms with Gasteiger partial charge in [0.05, 0.1) is 18.3 Å². The molecule has 0 aromatic carbocycles. The summed E-state index contributed by atoms with van der Waals surface area (Å²) in [6, 6.07) is 4.21. The summed E-state index contributed by atoms with van der Waals surface area (Å²) < 4.78 is 5.14. The van der Waals surface area contributed by atoms with Crippen molar-refractivity contribution in [2.75, 3.05) is 19.0 Å². The minimum absolute atomic E-state index is 0.317. The van der Waals surface area contributed by atoms with Gasteiger partial charge < -0.3 is 10.1 Å². The average molecular weight is 209 g/mol. The molecule has 4 nitrogen and oxygen atoms in total. The SMILES string of the molecule is CCCC(COC)Nc1ccc(C)nn1. The van der Waals surface area contributed by atoms with Crippen molar-refractivity contribution in [1.82, 2.24) is 10.2 Å². The van der Waals surface area contributed by atoms with Gasteiger partial charge in [0.1, 0.15) is 5.82 Å². The lowest BCUT2D eigenvalue weighted by atomic mass is 10.2. The standard InChI is InChI=1S/C11H19N3O/c1-4-5-10(8-15-3)12-11-7-6-9(2)13-14-11/h6-7,10H,4-5,8H2,1-3H3,(H,12,14). The van der Waals surface area contributed by atoms with Gasteiger partial charge in [-0.1, -0.05) is 13.3 Å². The molecule has 0 amide bonds. The fraction of sp³-hybridized carbons (Fsp3) is 0.636. The number of ether oxygens (including phenoxy) is 1. The van der Waals surface area contributed by atoms with Crippen LogP contribution in [0.5, 0.6) is 0 Å². The maximum atomic E-state index is 5.14. The van der Waals surface area contributed by atoms with Crippen molar-refractivity contribution in [1.29, 1.82) is 0 Å². The summed E-state index contributed by atoms with van der Waals surface area (Å²) in [5.74, 6) is 0.816. The third kappa shape index (κ3) is 4.25. The molecular formula is C11H19N3O. The molecule has 84 valence electrons. The number of nitrogens with zero attached hydrogens (tertiary/aromatic N) is 2. The molecule has 1 aromatic rings. The monoisotopic (exact) mass is 209 g/mol. The van der Waals surface area contributed by atoms with Gasteiger partial charge in [-0.25, -0.2) is 0 Å². The fourth-order valence-electron chi connectivity index (χ4n) is 1.43. The number of anilines is 1. The highest BCUT2D eigenvalue weighted by atomic mass is 16.5. The molecule has 1 N–H and O–H groups in total. The Labute approximate surface area is 91.1 Å². The molecule has 1 aromatic heterocycles. The summed E-state index contributed by atoms with van der Waals surface area (Å²) in [6.45, 7) is 4.78. The van der Waals surface area contributed by atoms with Crippen molar-refractivity contribution in [2.24, 2.45) is 0 Å². The van der Waals surface area contributed by atoms with Crippen LogP contribution in [0.15, 0.2) is 12.1 Å². The number of aryl methyl sites for hydroxylation is 1. The summed E-state index contributed by atoms with van der Waals surface area (Å²) in [6.07, 6.45) is 2.20. The number of hydrogen-bond donors (Lipinski definition) is 1. The molecule has 0 saturated carbocycles. The van der Waals surface area contributed by atoms with Crippen LogP contribution in [0.25, 0.3) is 0 Å². The Hall–Kier alpha value is -1.16. The highest BCUT2D eigenvalue weighted by Crippen LogP contribution is 2.07. The molecule has 0 aliphatic carbocycles. The van der Waals surface area contributed by atoms with Gasteiger partial charge in [0.2, 0.25) is 0 Å². The van der Waals surface area contributed by atoms with E-state index in [9.17, 15) is 0 Å². The average Bonchev–Trinajstić information content (AvgIpc) is 2.22. The molecule has 0 fully saturated rings. The Morgan fingerprint density at radius 1 is 1.40 bits per heavy atom. The van der Waals surface area contributed by atoms with E-state index in [1.807, 2.05) is 19.1 Å².